The van der Waals surface area contributed by atoms with Gasteiger partial charge in [0.25, 0.3) is 6.43 Å². The second-order valence-electron chi connectivity index (χ2n) is 1.39. The summed E-state index contributed by atoms with van der Waals surface area (Å²) in [6.45, 7) is 0. The molecule has 1 radical (unpaired) electrons. The first kappa shape index (κ1) is 6.48. The molecule has 9 heavy (non-hydrogen) atoms. The van der Waals surface area contributed by atoms with Crippen LogP contribution in [0.5, 0.6) is 0 Å². The predicted octanol–water partition coefficient (Wildman–Crippen LogP) is 1.31. The Morgan fingerprint density at radius 3 is 2.44 bits per heavy atom. The summed E-state index contributed by atoms with van der Waals surface area (Å²) in [5.41, 5.74) is 2.86. The average molecular weight is 152 g/mol. The standard InChI is InChI=1S/C4H2ClF2N2/c5-3-2(4(6)7)1-8-9-3/h1,4H. The van der Waals surface area contributed by atoms with Gasteiger partial charge in [0.05, 0.1) is 11.8 Å². The molecule has 0 N–H and O–H groups in total. The summed E-state index contributed by atoms with van der Waals surface area (Å²) in [6, 6.07) is 0. The van der Waals surface area contributed by atoms with E-state index in [1.807, 2.05) is 0 Å². The van der Waals surface area contributed by atoms with Crippen LogP contribution in [0.3, 0.4) is 0 Å². The number of nitrogens with zero attached hydrogens (tertiary/aromatic N) is 2. The molecule has 2 nitrogen and oxygen atoms in total. The van der Waals surface area contributed by atoms with Crippen LogP contribution in [-0.2, 0) is 0 Å². The minimum absolute atomic E-state index is 0.218. The van der Waals surface area contributed by atoms with Crippen LogP contribution in [0.25, 0.3) is 0 Å². The topological polar surface area (TPSA) is 26.5 Å². The van der Waals surface area contributed by atoms with Gasteiger partial charge < -0.3 is 0 Å². The van der Waals surface area contributed by atoms with Gasteiger partial charge in [0.1, 0.15) is 0 Å². The highest BCUT2D eigenvalue weighted by molar-refractivity contribution is 6.31. The normalized spacial score (nSPS) is 17.3. The Morgan fingerprint density at radius 1 is 1.56 bits per heavy atom. The molecule has 1 aliphatic rings. The van der Waals surface area contributed by atoms with Gasteiger partial charge in [-0.1, -0.05) is 11.6 Å². The first-order valence-corrected chi connectivity index (χ1v) is 2.51. The molecule has 0 unspecified atom stereocenters. The highest BCUT2D eigenvalue weighted by Crippen LogP contribution is 2.17. The largest absolute Gasteiger partial charge is 0.268 e. The molecular weight excluding hydrogens is 150 g/mol. The van der Waals surface area contributed by atoms with Gasteiger partial charge in [-0.15, -0.1) is 5.43 Å². The van der Waals surface area contributed by atoms with Crippen molar-refractivity contribution < 1.29 is 8.78 Å². The molecule has 0 atom stereocenters. The third-order valence-electron chi connectivity index (χ3n) is 0.816. The lowest BCUT2D eigenvalue weighted by molar-refractivity contribution is 0.197. The molecule has 0 aromatic rings. The van der Waals surface area contributed by atoms with Crippen molar-refractivity contribution in [2.75, 3.05) is 0 Å². The highest BCUT2D eigenvalue weighted by atomic mass is 35.5. The second-order valence-corrected chi connectivity index (χ2v) is 1.75. The molecule has 0 aliphatic carbocycles. The number of hydrogen-bond donors (Lipinski definition) is 0. The van der Waals surface area contributed by atoms with Crippen molar-refractivity contribution in [3.63, 3.8) is 0 Å². The van der Waals surface area contributed by atoms with Crippen LogP contribution in [-0.4, -0.2) is 12.6 Å². The van der Waals surface area contributed by atoms with E-state index in [0.717, 1.165) is 6.21 Å². The molecule has 49 valence electrons. The van der Waals surface area contributed by atoms with Gasteiger partial charge in [-0.2, -0.15) is 5.10 Å². The van der Waals surface area contributed by atoms with Gasteiger partial charge in [-0.25, -0.2) is 8.78 Å². The van der Waals surface area contributed by atoms with Gasteiger partial charge in [0.15, 0.2) is 5.16 Å². The van der Waals surface area contributed by atoms with Gasteiger partial charge in [-0.05, 0) is 0 Å². The van der Waals surface area contributed by atoms with Gasteiger partial charge in [-0.3, -0.25) is 0 Å². The number of alkyl halides is 2. The van der Waals surface area contributed by atoms with Crippen LogP contribution >= 0.6 is 11.6 Å². The molecule has 0 saturated heterocycles. The van der Waals surface area contributed by atoms with Crippen LogP contribution in [0.1, 0.15) is 0 Å². The minimum atomic E-state index is -2.58. The first-order chi connectivity index (χ1) is 4.22. The maximum Gasteiger partial charge on any atom is 0.268 e. The molecule has 0 aromatic heterocycles. The van der Waals surface area contributed by atoms with Crippen LogP contribution in [0, 0.1) is 0 Å². The third kappa shape index (κ3) is 1.18. The van der Waals surface area contributed by atoms with Crippen molar-refractivity contribution in [1.29, 1.82) is 0 Å². The van der Waals surface area contributed by atoms with E-state index in [2.05, 4.69) is 10.5 Å². The molecule has 5 heteroatoms. The number of allylic oxidation sites excluding steroid dienone is 1. The summed E-state index contributed by atoms with van der Waals surface area (Å²) in [4.78, 5) is 0. The maximum absolute atomic E-state index is 11.7. The Bertz CT molecular complexity index is 175. The van der Waals surface area contributed by atoms with Crippen molar-refractivity contribution in [1.82, 2.24) is 5.43 Å². The van der Waals surface area contributed by atoms with Gasteiger partial charge in [0.2, 0.25) is 0 Å². The molecule has 1 heterocycles. The van der Waals surface area contributed by atoms with Crippen molar-refractivity contribution in [2.45, 2.75) is 6.43 Å². The Hall–Kier alpha value is -0.640. The van der Waals surface area contributed by atoms with E-state index in [1.165, 1.54) is 0 Å². The molecule has 0 bridgehead atoms. The molecule has 0 spiro atoms. The highest BCUT2D eigenvalue weighted by Gasteiger charge is 2.18. The fraction of sp³-hybridized carbons (Fsp3) is 0.250. The zero-order valence-corrected chi connectivity index (χ0v) is 4.94. The summed E-state index contributed by atoms with van der Waals surface area (Å²) in [5, 5.41) is 2.96. The van der Waals surface area contributed by atoms with Crippen molar-refractivity contribution in [3.05, 3.63) is 10.7 Å². The summed E-state index contributed by atoms with van der Waals surface area (Å²) in [6.07, 6.45) is -1.63. The van der Waals surface area contributed by atoms with Crippen molar-refractivity contribution in [3.8, 4) is 0 Å². The van der Waals surface area contributed by atoms with E-state index in [4.69, 9.17) is 11.6 Å². The lowest BCUT2D eigenvalue weighted by Crippen LogP contribution is -1.97. The van der Waals surface area contributed by atoms with Crippen molar-refractivity contribution in [2.24, 2.45) is 5.10 Å². The monoisotopic (exact) mass is 151 g/mol. The van der Waals surface area contributed by atoms with Crippen LogP contribution in [0.15, 0.2) is 15.8 Å². The molecule has 1 rings (SSSR count). The Kier molecular flexibility index (Phi) is 1.66. The van der Waals surface area contributed by atoms with Crippen LogP contribution in [0.4, 0.5) is 8.78 Å². The molecule has 1 aliphatic heterocycles. The zero-order valence-electron chi connectivity index (χ0n) is 4.18. The number of hydrogen-bond acceptors (Lipinski definition) is 1. The fourth-order valence-corrected chi connectivity index (χ4v) is 0.574. The van der Waals surface area contributed by atoms with E-state index in [1.54, 1.807) is 0 Å². The summed E-state index contributed by atoms with van der Waals surface area (Å²) < 4.78 is 23.4. The molecule has 0 fully saturated rings. The Labute approximate surface area is 55.2 Å². The summed E-state index contributed by atoms with van der Waals surface area (Å²) in [5.74, 6) is 0. The Morgan fingerprint density at radius 2 is 2.22 bits per heavy atom. The van der Waals surface area contributed by atoms with E-state index in [9.17, 15) is 8.78 Å². The quantitative estimate of drug-likeness (QED) is 0.505. The average Bonchev–Trinajstić information content (AvgIpc) is 2.13. The number of rotatable bonds is 1. The SMILES string of the molecule is FC(F)C1=C(Cl)[N]N=C1. The lowest BCUT2D eigenvalue weighted by atomic mass is 10.3. The second kappa shape index (κ2) is 2.31. The minimum Gasteiger partial charge on any atom is -0.205 e. The van der Waals surface area contributed by atoms with E-state index >= 15 is 0 Å². The predicted molar refractivity (Wildman–Crippen MR) is 29.5 cm³/mol. The molecule has 0 saturated carbocycles. The van der Waals surface area contributed by atoms with E-state index < -0.39 is 6.43 Å². The van der Waals surface area contributed by atoms with Gasteiger partial charge >= 0.3 is 0 Å². The van der Waals surface area contributed by atoms with Crippen molar-refractivity contribution >= 4 is 17.8 Å². The molecule has 0 amide bonds. The zero-order chi connectivity index (χ0) is 6.85. The summed E-state index contributed by atoms with van der Waals surface area (Å²) in [7, 11) is 0. The third-order valence-corrected chi connectivity index (χ3v) is 1.11. The van der Waals surface area contributed by atoms with Crippen LogP contribution < -0.4 is 5.43 Å². The molecule has 0 aromatic carbocycles. The smallest absolute Gasteiger partial charge is 0.205 e. The number of halogens is 3. The Balaban J connectivity index is 2.77. The fourth-order valence-electron chi connectivity index (χ4n) is 0.399. The van der Waals surface area contributed by atoms with E-state index in [-0.39, 0.29) is 10.7 Å². The summed E-state index contributed by atoms with van der Waals surface area (Å²) >= 11 is 5.18. The maximum atomic E-state index is 11.7. The lowest BCUT2D eigenvalue weighted by Gasteiger charge is -1.92. The van der Waals surface area contributed by atoms with Gasteiger partial charge in [0, 0.05) is 0 Å². The molecular formula is C4H2ClF2N2. The van der Waals surface area contributed by atoms with Crippen LogP contribution in [0.2, 0.25) is 0 Å². The first-order valence-electron chi connectivity index (χ1n) is 2.13. The van der Waals surface area contributed by atoms with E-state index in [0.29, 0.717) is 0 Å².